The molecule has 0 aliphatic heterocycles. The maximum Gasteiger partial charge on any atom is 0.0991 e. The largest absolute Gasteiger partial charge is 0.192 e. The van der Waals surface area contributed by atoms with Crippen LogP contribution in [0, 0.1) is 11.3 Å². The van der Waals surface area contributed by atoms with Crippen LogP contribution in [0.25, 0.3) is 11.1 Å². The number of rotatable bonds is 5. The zero-order chi connectivity index (χ0) is 13.5. The molecule has 0 unspecified atom stereocenters. The van der Waals surface area contributed by atoms with Gasteiger partial charge in [0.1, 0.15) is 0 Å². The Morgan fingerprint density at radius 1 is 0.947 bits per heavy atom. The number of benzene rings is 2. The molecule has 0 atom stereocenters. The van der Waals surface area contributed by atoms with E-state index in [0.717, 1.165) is 6.42 Å². The third-order valence-electron chi connectivity index (χ3n) is 3.39. The number of nitrogens with zero attached hydrogens (tertiary/aromatic N) is 1. The van der Waals surface area contributed by atoms with Crippen LogP contribution in [0.3, 0.4) is 0 Å². The minimum atomic E-state index is 0.715. The Balaban J connectivity index is 2.25. The average molecular weight is 249 g/mol. The lowest BCUT2D eigenvalue weighted by molar-refractivity contribution is 0.718. The lowest BCUT2D eigenvalue weighted by Gasteiger charge is -2.09. The SMILES string of the molecule is CCCCCc1ccccc1-c1ccc(C#N)cc1. The summed E-state index contributed by atoms with van der Waals surface area (Å²) in [6.45, 7) is 2.23. The van der Waals surface area contributed by atoms with Crippen molar-refractivity contribution in [3.05, 3.63) is 59.7 Å². The van der Waals surface area contributed by atoms with E-state index in [1.807, 2.05) is 24.3 Å². The molecule has 0 spiro atoms. The summed E-state index contributed by atoms with van der Waals surface area (Å²) in [6.07, 6.45) is 4.90. The Labute approximate surface area is 115 Å². The highest BCUT2D eigenvalue weighted by molar-refractivity contribution is 5.68. The Morgan fingerprint density at radius 2 is 1.68 bits per heavy atom. The van der Waals surface area contributed by atoms with Gasteiger partial charge in [0, 0.05) is 0 Å². The molecule has 19 heavy (non-hydrogen) atoms. The maximum atomic E-state index is 8.85. The summed E-state index contributed by atoms with van der Waals surface area (Å²) in [5.41, 5.74) is 4.61. The molecule has 0 aromatic heterocycles. The van der Waals surface area contributed by atoms with Gasteiger partial charge in [0.15, 0.2) is 0 Å². The summed E-state index contributed by atoms with van der Waals surface area (Å²) in [4.78, 5) is 0. The van der Waals surface area contributed by atoms with Crippen LogP contribution in [0.4, 0.5) is 0 Å². The topological polar surface area (TPSA) is 23.8 Å². The molecule has 0 bridgehead atoms. The van der Waals surface area contributed by atoms with Crippen molar-refractivity contribution >= 4 is 0 Å². The highest BCUT2D eigenvalue weighted by Crippen LogP contribution is 2.25. The van der Waals surface area contributed by atoms with Gasteiger partial charge in [0.2, 0.25) is 0 Å². The number of hydrogen-bond acceptors (Lipinski definition) is 1. The summed E-state index contributed by atoms with van der Waals surface area (Å²) < 4.78 is 0. The van der Waals surface area contributed by atoms with Gasteiger partial charge in [0.05, 0.1) is 11.6 Å². The van der Waals surface area contributed by atoms with Gasteiger partial charge in [-0.2, -0.15) is 5.26 Å². The fourth-order valence-corrected chi connectivity index (χ4v) is 2.31. The molecule has 1 nitrogen and oxygen atoms in total. The molecule has 2 rings (SSSR count). The van der Waals surface area contributed by atoms with E-state index in [0.29, 0.717) is 5.56 Å². The molecule has 0 fully saturated rings. The molecular weight excluding hydrogens is 230 g/mol. The van der Waals surface area contributed by atoms with Crippen molar-refractivity contribution in [1.82, 2.24) is 0 Å². The minimum Gasteiger partial charge on any atom is -0.192 e. The van der Waals surface area contributed by atoms with Gasteiger partial charge in [-0.15, -0.1) is 0 Å². The summed E-state index contributed by atoms with van der Waals surface area (Å²) in [5.74, 6) is 0. The van der Waals surface area contributed by atoms with Crippen LogP contribution in [0.2, 0.25) is 0 Å². The average Bonchev–Trinajstić information content (AvgIpc) is 2.48. The van der Waals surface area contributed by atoms with E-state index >= 15 is 0 Å². The molecule has 0 aliphatic carbocycles. The fraction of sp³-hybridized carbons (Fsp3) is 0.278. The van der Waals surface area contributed by atoms with Crippen molar-refractivity contribution in [2.45, 2.75) is 32.6 Å². The first-order chi connectivity index (χ1) is 9.35. The second-order valence-electron chi connectivity index (χ2n) is 4.80. The number of nitriles is 1. The van der Waals surface area contributed by atoms with Crippen LogP contribution in [0.15, 0.2) is 48.5 Å². The molecule has 0 aliphatic rings. The van der Waals surface area contributed by atoms with E-state index in [4.69, 9.17) is 5.26 Å². The van der Waals surface area contributed by atoms with Gasteiger partial charge in [-0.25, -0.2) is 0 Å². The predicted octanol–water partition coefficient (Wildman–Crippen LogP) is 4.96. The third-order valence-corrected chi connectivity index (χ3v) is 3.39. The zero-order valence-electron chi connectivity index (χ0n) is 11.4. The highest BCUT2D eigenvalue weighted by Gasteiger charge is 2.04. The highest BCUT2D eigenvalue weighted by atomic mass is 14.2. The number of unbranched alkanes of at least 4 members (excludes halogenated alkanes) is 2. The summed E-state index contributed by atoms with van der Waals surface area (Å²) >= 11 is 0. The van der Waals surface area contributed by atoms with Crippen LogP contribution in [0.5, 0.6) is 0 Å². The lowest BCUT2D eigenvalue weighted by atomic mass is 9.95. The van der Waals surface area contributed by atoms with Crippen LogP contribution >= 0.6 is 0 Å². The van der Waals surface area contributed by atoms with E-state index in [-0.39, 0.29) is 0 Å². The Morgan fingerprint density at radius 3 is 2.37 bits per heavy atom. The van der Waals surface area contributed by atoms with Crippen molar-refractivity contribution in [2.75, 3.05) is 0 Å². The second kappa shape index (κ2) is 6.75. The quantitative estimate of drug-likeness (QED) is 0.687. The van der Waals surface area contributed by atoms with Crippen molar-refractivity contribution in [3.63, 3.8) is 0 Å². The molecule has 0 saturated carbocycles. The van der Waals surface area contributed by atoms with Gasteiger partial charge in [-0.05, 0) is 41.7 Å². The monoisotopic (exact) mass is 249 g/mol. The molecule has 0 radical (unpaired) electrons. The molecule has 2 aromatic carbocycles. The molecule has 0 saturated heterocycles. The van der Waals surface area contributed by atoms with Gasteiger partial charge >= 0.3 is 0 Å². The minimum absolute atomic E-state index is 0.715. The molecule has 1 heteroatoms. The van der Waals surface area contributed by atoms with Crippen molar-refractivity contribution < 1.29 is 0 Å². The van der Waals surface area contributed by atoms with Crippen molar-refractivity contribution in [3.8, 4) is 17.2 Å². The Bertz CT molecular complexity index is 561. The van der Waals surface area contributed by atoms with E-state index in [1.165, 1.54) is 36.0 Å². The van der Waals surface area contributed by atoms with Gasteiger partial charge in [-0.3, -0.25) is 0 Å². The molecule has 0 N–H and O–H groups in total. The Hall–Kier alpha value is -2.07. The van der Waals surface area contributed by atoms with Crippen LogP contribution < -0.4 is 0 Å². The fourth-order valence-electron chi connectivity index (χ4n) is 2.31. The number of aryl methyl sites for hydroxylation is 1. The first kappa shape index (κ1) is 13.4. The summed E-state index contributed by atoms with van der Waals surface area (Å²) in [5, 5.41) is 8.85. The summed E-state index contributed by atoms with van der Waals surface area (Å²) in [6, 6.07) is 18.6. The van der Waals surface area contributed by atoms with Crippen LogP contribution in [-0.4, -0.2) is 0 Å². The molecule has 0 amide bonds. The summed E-state index contributed by atoms with van der Waals surface area (Å²) in [7, 11) is 0. The molecule has 96 valence electrons. The lowest BCUT2D eigenvalue weighted by Crippen LogP contribution is -1.90. The van der Waals surface area contributed by atoms with Gasteiger partial charge in [-0.1, -0.05) is 56.2 Å². The van der Waals surface area contributed by atoms with E-state index in [1.54, 1.807) is 0 Å². The van der Waals surface area contributed by atoms with Crippen molar-refractivity contribution in [2.24, 2.45) is 0 Å². The predicted molar refractivity (Wildman–Crippen MR) is 79.8 cm³/mol. The van der Waals surface area contributed by atoms with E-state index < -0.39 is 0 Å². The van der Waals surface area contributed by atoms with Gasteiger partial charge < -0.3 is 0 Å². The molecule has 0 heterocycles. The normalized spacial score (nSPS) is 10.1. The van der Waals surface area contributed by atoms with Crippen LogP contribution in [-0.2, 0) is 6.42 Å². The maximum absolute atomic E-state index is 8.85. The van der Waals surface area contributed by atoms with E-state index in [2.05, 4.69) is 37.3 Å². The standard InChI is InChI=1S/C18H19N/c1-2-3-4-7-16-8-5-6-9-18(16)17-12-10-15(14-19)11-13-17/h5-6,8-13H,2-4,7H2,1H3. The van der Waals surface area contributed by atoms with Crippen molar-refractivity contribution in [1.29, 1.82) is 5.26 Å². The zero-order valence-corrected chi connectivity index (χ0v) is 11.4. The molecular formula is C18H19N. The van der Waals surface area contributed by atoms with E-state index in [9.17, 15) is 0 Å². The second-order valence-corrected chi connectivity index (χ2v) is 4.80. The third kappa shape index (κ3) is 3.45. The van der Waals surface area contributed by atoms with Gasteiger partial charge in [0.25, 0.3) is 0 Å². The smallest absolute Gasteiger partial charge is 0.0991 e. The molecule has 2 aromatic rings. The Kier molecular flexibility index (Phi) is 4.75. The first-order valence-corrected chi connectivity index (χ1v) is 6.93. The van der Waals surface area contributed by atoms with Crippen LogP contribution in [0.1, 0.15) is 37.3 Å². The first-order valence-electron chi connectivity index (χ1n) is 6.93. The number of hydrogen-bond donors (Lipinski definition) is 0.